The molecule has 1 spiro atoms. The summed E-state index contributed by atoms with van der Waals surface area (Å²) in [5.74, 6) is 1.23. The van der Waals surface area contributed by atoms with Crippen LogP contribution in [-0.2, 0) is 0 Å². The van der Waals surface area contributed by atoms with E-state index in [0.717, 1.165) is 0 Å². The van der Waals surface area contributed by atoms with Crippen LogP contribution in [0.25, 0.3) is 0 Å². The predicted octanol–water partition coefficient (Wildman–Crippen LogP) is 6.43. The number of nitrogens with zero attached hydrogens (tertiary/aromatic N) is 1. The van der Waals surface area contributed by atoms with E-state index < -0.39 is 0 Å². The van der Waals surface area contributed by atoms with Crippen LogP contribution in [-0.4, -0.2) is 5.66 Å². The van der Waals surface area contributed by atoms with Gasteiger partial charge in [0.15, 0.2) is 0 Å². The minimum atomic E-state index is 0.0820. The van der Waals surface area contributed by atoms with Gasteiger partial charge < -0.3 is 10.2 Å². The second-order valence-electron chi connectivity index (χ2n) is 8.82. The number of nitrogens with one attached hydrogen (secondary N) is 1. The van der Waals surface area contributed by atoms with E-state index in [9.17, 15) is 0 Å². The second kappa shape index (κ2) is 5.89. The molecule has 6 rings (SSSR count). The monoisotopic (exact) mass is 356 g/mol. The van der Waals surface area contributed by atoms with E-state index in [1.54, 1.807) is 11.3 Å². The van der Waals surface area contributed by atoms with E-state index >= 15 is 0 Å². The van der Waals surface area contributed by atoms with Gasteiger partial charge in [0.1, 0.15) is 5.66 Å². The molecule has 1 fully saturated rings. The van der Waals surface area contributed by atoms with Gasteiger partial charge in [-0.15, -0.1) is 0 Å². The van der Waals surface area contributed by atoms with Gasteiger partial charge in [0, 0.05) is 17.5 Å². The molecule has 2 aliphatic heterocycles. The van der Waals surface area contributed by atoms with Crippen molar-refractivity contribution in [3.8, 4) is 0 Å². The number of para-hydroxylation sites is 2. The third kappa shape index (κ3) is 2.13. The molecule has 1 N–H and O–H groups in total. The molecule has 3 atom stereocenters. The molecule has 2 aliphatic carbocycles. The van der Waals surface area contributed by atoms with Crippen molar-refractivity contribution in [2.75, 3.05) is 10.2 Å². The van der Waals surface area contributed by atoms with E-state index in [0.29, 0.717) is 11.8 Å². The normalized spacial score (nSPS) is 31.5. The van der Waals surface area contributed by atoms with Crippen LogP contribution in [0.1, 0.15) is 62.8 Å². The molecule has 2 heterocycles. The highest BCUT2D eigenvalue weighted by Gasteiger charge is 2.57. The smallest absolute Gasteiger partial charge is 0.118 e. The van der Waals surface area contributed by atoms with E-state index in [4.69, 9.17) is 0 Å². The summed E-state index contributed by atoms with van der Waals surface area (Å²) in [5, 5.41) is 4.08. The first-order chi connectivity index (χ1) is 13.4. The third-order valence-electron chi connectivity index (χ3n) is 7.52. The van der Waals surface area contributed by atoms with Crippen molar-refractivity contribution in [1.82, 2.24) is 0 Å². The van der Waals surface area contributed by atoms with Crippen LogP contribution in [0, 0.1) is 5.92 Å². The molecule has 0 bridgehead atoms. The predicted molar refractivity (Wildman–Crippen MR) is 112 cm³/mol. The first-order valence-corrected chi connectivity index (χ1v) is 10.8. The van der Waals surface area contributed by atoms with Gasteiger partial charge in [-0.25, -0.2) is 0 Å². The molecule has 2 heteroatoms. The third-order valence-corrected chi connectivity index (χ3v) is 7.52. The summed E-state index contributed by atoms with van der Waals surface area (Å²) >= 11 is 0. The van der Waals surface area contributed by atoms with E-state index in [1.807, 2.05) is 0 Å². The summed E-state index contributed by atoms with van der Waals surface area (Å²) in [4.78, 5) is 2.78. The molecular formula is C25H28N2. The summed E-state index contributed by atoms with van der Waals surface area (Å²) in [6.07, 6.45) is 10.5. The van der Waals surface area contributed by atoms with Crippen LogP contribution in [0.5, 0.6) is 0 Å². The maximum absolute atomic E-state index is 4.08. The Kier molecular flexibility index (Phi) is 3.45. The minimum Gasteiger partial charge on any atom is -0.360 e. The summed E-state index contributed by atoms with van der Waals surface area (Å²) in [6, 6.07) is 20.4. The topological polar surface area (TPSA) is 15.3 Å². The summed E-state index contributed by atoms with van der Waals surface area (Å²) < 4.78 is 0. The first kappa shape index (κ1) is 15.8. The standard InChI is InChI=1S/C25H28N2/c1-2-10-18(11-3-1)24-19-12-4-6-15-22(19)27-23-16-7-5-14-21(23)26-25(27)17-9-8-13-20(24)25/h1-3,5,7,10-11,14,16,20,24,26H,4,6,8-9,12-13,15,17H2/t20?,24?,25-/m1/s1. The van der Waals surface area contributed by atoms with E-state index in [2.05, 4.69) is 64.8 Å². The van der Waals surface area contributed by atoms with Crippen LogP contribution in [0.4, 0.5) is 11.4 Å². The average molecular weight is 357 g/mol. The van der Waals surface area contributed by atoms with Crippen LogP contribution in [0.15, 0.2) is 65.9 Å². The van der Waals surface area contributed by atoms with Crippen molar-refractivity contribution >= 4 is 11.4 Å². The fourth-order valence-corrected chi connectivity index (χ4v) is 6.56. The zero-order valence-corrected chi connectivity index (χ0v) is 16.0. The van der Waals surface area contributed by atoms with Crippen molar-refractivity contribution in [2.24, 2.45) is 5.92 Å². The van der Waals surface area contributed by atoms with Gasteiger partial charge in [0.2, 0.25) is 0 Å². The Morgan fingerprint density at radius 1 is 0.852 bits per heavy atom. The van der Waals surface area contributed by atoms with Crippen LogP contribution in [0.3, 0.4) is 0 Å². The molecule has 138 valence electrons. The molecule has 0 radical (unpaired) electrons. The first-order valence-electron chi connectivity index (χ1n) is 10.8. The van der Waals surface area contributed by atoms with Crippen LogP contribution in [0.2, 0.25) is 0 Å². The van der Waals surface area contributed by atoms with Crippen molar-refractivity contribution in [2.45, 2.75) is 62.9 Å². The number of benzene rings is 2. The SMILES string of the molecule is c1ccc(C2C3=C(CCCC3)N3c4ccccc4N[C@]34CCCCC24)cc1. The Morgan fingerprint density at radius 2 is 1.67 bits per heavy atom. The molecule has 0 aromatic heterocycles. The Morgan fingerprint density at radius 3 is 2.59 bits per heavy atom. The zero-order valence-electron chi connectivity index (χ0n) is 16.0. The highest BCUT2D eigenvalue weighted by Crippen LogP contribution is 2.61. The minimum absolute atomic E-state index is 0.0820. The molecule has 0 amide bonds. The van der Waals surface area contributed by atoms with Gasteiger partial charge in [0.05, 0.1) is 11.4 Å². The Bertz CT molecular complexity index is 900. The Balaban J connectivity index is 1.61. The highest BCUT2D eigenvalue weighted by molar-refractivity contribution is 5.82. The molecule has 2 unspecified atom stereocenters. The lowest BCUT2D eigenvalue weighted by Gasteiger charge is -2.57. The maximum atomic E-state index is 4.08. The number of hydrogen-bond acceptors (Lipinski definition) is 2. The molecule has 4 aliphatic rings. The fraction of sp³-hybridized carbons (Fsp3) is 0.440. The fourth-order valence-electron chi connectivity index (χ4n) is 6.56. The largest absolute Gasteiger partial charge is 0.360 e. The summed E-state index contributed by atoms with van der Waals surface area (Å²) in [7, 11) is 0. The Hall–Kier alpha value is -2.22. The quantitative estimate of drug-likeness (QED) is 0.633. The summed E-state index contributed by atoms with van der Waals surface area (Å²) in [5.41, 5.74) is 7.77. The van der Waals surface area contributed by atoms with E-state index in [-0.39, 0.29) is 5.66 Å². The van der Waals surface area contributed by atoms with Gasteiger partial charge in [0.25, 0.3) is 0 Å². The number of anilines is 2. The van der Waals surface area contributed by atoms with Crippen LogP contribution >= 0.6 is 0 Å². The molecule has 27 heavy (non-hydrogen) atoms. The maximum Gasteiger partial charge on any atom is 0.118 e. The van der Waals surface area contributed by atoms with Gasteiger partial charge >= 0.3 is 0 Å². The molecular weight excluding hydrogens is 328 g/mol. The lowest BCUT2D eigenvalue weighted by atomic mass is 9.62. The Labute approximate surface area is 162 Å². The van der Waals surface area contributed by atoms with Crippen molar-refractivity contribution in [3.05, 3.63) is 71.4 Å². The molecule has 0 saturated heterocycles. The van der Waals surface area contributed by atoms with Gasteiger partial charge in [-0.05, 0) is 68.2 Å². The van der Waals surface area contributed by atoms with E-state index in [1.165, 1.54) is 68.3 Å². The molecule has 2 nitrogen and oxygen atoms in total. The van der Waals surface area contributed by atoms with Crippen molar-refractivity contribution in [1.29, 1.82) is 0 Å². The highest BCUT2D eigenvalue weighted by atomic mass is 15.4. The van der Waals surface area contributed by atoms with Crippen LogP contribution < -0.4 is 10.2 Å². The molecule has 2 aromatic carbocycles. The summed E-state index contributed by atoms with van der Waals surface area (Å²) in [6.45, 7) is 0. The molecule has 2 aromatic rings. The van der Waals surface area contributed by atoms with Gasteiger partial charge in [-0.3, -0.25) is 0 Å². The van der Waals surface area contributed by atoms with Gasteiger partial charge in [-0.1, -0.05) is 48.9 Å². The zero-order chi connectivity index (χ0) is 17.8. The number of allylic oxidation sites excluding steroid dienone is 2. The van der Waals surface area contributed by atoms with Crippen molar-refractivity contribution in [3.63, 3.8) is 0 Å². The average Bonchev–Trinajstić information content (AvgIpc) is 3.06. The van der Waals surface area contributed by atoms with Crippen molar-refractivity contribution < 1.29 is 0 Å². The second-order valence-corrected chi connectivity index (χ2v) is 8.82. The number of hydrogen-bond donors (Lipinski definition) is 1. The number of rotatable bonds is 1. The lowest BCUT2D eigenvalue weighted by Crippen LogP contribution is -2.62. The van der Waals surface area contributed by atoms with Gasteiger partial charge in [-0.2, -0.15) is 0 Å². The number of fused-ring (bicyclic) bond motifs is 3. The molecule has 1 saturated carbocycles. The lowest BCUT2D eigenvalue weighted by molar-refractivity contribution is 0.176.